The van der Waals surface area contributed by atoms with E-state index in [0.717, 1.165) is 12.8 Å². The molecule has 0 bridgehead atoms. The first-order valence-corrected chi connectivity index (χ1v) is 11.6. The van der Waals surface area contributed by atoms with Crippen molar-refractivity contribution in [1.29, 1.82) is 0 Å². The summed E-state index contributed by atoms with van der Waals surface area (Å²) in [4.78, 5) is 21.2. The van der Waals surface area contributed by atoms with E-state index >= 15 is 4.39 Å². The van der Waals surface area contributed by atoms with Crippen LogP contribution in [0, 0.1) is 17.7 Å². The summed E-state index contributed by atoms with van der Waals surface area (Å²) < 4.78 is 63.7. The lowest BCUT2D eigenvalue weighted by atomic mass is 9.91. The van der Waals surface area contributed by atoms with Crippen LogP contribution in [0.2, 0.25) is 0 Å². The number of carbonyl (C=O) groups is 1. The first kappa shape index (κ1) is 26.4. The van der Waals surface area contributed by atoms with Crippen LogP contribution >= 0.6 is 0 Å². The van der Waals surface area contributed by atoms with Gasteiger partial charge in [0.25, 0.3) is 0 Å². The van der Waals surface area contributed by atoms with Crippen LogP contribution in [0.1, 0.15) is 40.0 Å². The Hall–Kier alpha value is -2.21. The van der Waals surface area contributed by atoms with Crippen LogP contribution in [0.15, 0.2) is 6.33 Å². The number of hydrogen-bond donors (Lipinski definition) is 2. The molecule has 2 unspecified atom stereocenters. The molecule has 3 heterocycles. The summed E-state index contributed by atoms with van der Waals surface area (Å²) in [5, 5.41) is 5.80. The molecule has 3 atom stereocenters. The van der Waals surface area contributed by atoms with Gasteiger partial charge in [0.15, 0.2) is 11.6 Å². The van der Waals surface area contributed by atoms with E-state index in [0.29, 0.717) is 32.7 Å². The molecule has 192 valence electrons. The van der Waals surface area contributed by atoms with Crippen molar-refractivity contribution >= 4 is 17.6 Å². The molecular weight excluding hydrogens is 458 g/mol. The van der Waals surface area contributed by atoms with E-state index in [1.54, 1.807) is 0 Å². The zero-order valence-electron chi connectivity index (χ0n) is 19.8. The second-order valence-electron chi connectivity index (χ2n) is 9.45. The standard InChI is InChI=1S/C22H33F4N5O3/c1-4-31(11-14-5-7-21(2,3)33-12-14)19-17(23)18(29-13-30-19)28-9-15-6-8-27-10-16(15)34-20(32)22(24,25)26/h13-16,27H,4-12H2,1-3H3,(H,28,29,30)/t14-,15?,16?/m0/s1. The van der Waals surface area contributed by atoms with Crippen LogP contribution in [-0.2, 0) is 14.3 Å². The number of alkyl halides is 3. The lowest BCUT2D eigenvalue weighted by Gasteiger charge is -2.37. The molecule has 8 nitrogen and oxygen atoms in total. The van der Waals surface area contributed by atoms with Gasteiger partial charge in [-0.05, 0) is 52.5 Å². The number of anilines is 2. The first-order chi connectivity index (χ1) is 16.0. The highest BCUT2D eigenvalue weighted by atomic mass is 19.4. The molecule has 0 aromatic carbocycles. The molecule has 0 saturated carbocycles. The summed E-state index contributed by atoms with van der Waals surface area (Å²) in [5.74, 6) is -2.92. The summed E-state index contributed by atoms with van der Waals surface area (Å²) in [5.41, 5.74) is -0.147. The second-order valence-corrected chi connectivity index (χ2v) is 9.45. The molecule has 0 spiro atoms. The van der Waals surface area contributed by atoms with Crippen LogP contribution in [0.25, 0.3) is 0 Å². The topological polar surface area (TPSA) is 88.6 Å². The monoisotopic (exact) mass is 491 g/mol. The summed E-state index contributed by atoms with van der Waals surface area (Å²) >= 11 is 0. The van der Waals surface area contributed by atoms with Gasteiger partial charge in [-0.2, -0.15) is 17.6 Å². The van der Waals surface area contributed by atoms with Gasteiger partial charge in [0.1, 0.15) is 12.4 Å². The number of nitrogens with one attached hydrogen (secondary N) is 2. The van der Waals surface area contributed by atoms with Gasteiger partial charge in [-0.3, -0.25) is 0 Å². The Morgan fingerprint density at radius 1 is 1.35 bits per heavy atom. The fourth-order valence-corrected chi connectivity index (χ4v) is 4.26. The van der Waals surface area contributed by atoms with E-state index < -0.39 is 30.0 Å². The molecule has 0 amide bonds. The van der Waals surface area contributed by atoms with Gasteiger partial charge >= 0.3 is 12.1 Å². The second kappa shape index (κ2) is 11.0. The van der Waals surface area contributed by atoms with Gasteiger partial charge in [-0.25, -0.2) is 14.8 Å². The van der Waals surface area contributed by atoms with Crippen molar-refractivity contribution in [3.05, 3.63) is 12.1 Å². The van der Waals surface area contributed by atoms with Crippen molar-refractivity contribution in [2.24, 2.45) is 11.8 Å². The molecular formula is C22H33F4N5O3. The molecule has 12 heteroatoms. The molecule has 2 saturated heterocycles. The maximum absolute atomic E-state index is 15.3. The van der Waals surface area contributed by atoms with Crippen molar-refractivity contribution in [2.45, 2.75) is 57.9 Å². The predicted octanol–water partition coefficient (Wildman–Crippen LogP) is 3.14. The summed E-state index contributed by atoms with van der Waals surface area (Å²) in [6.45, 7) is 8.48. The highest BCUT2D eigenvalue weighted by Crippen LogP contribution is 2.30. The smallest absolute Gasteiger partial charge is 0.454 e. The van der Waals surface area contributed by atoms with Gasteiger partial charge in [0.05, 0.1) is 12.2 Å². The van der Waals surface area contributed by atoms with Crippen LogP contribution in [-0.4, -0.2) is 73.1 Å². The Morgan fingerprint density at radius 3 is 2.76 bits per heavy atom. The summed E-state index contributed by atoms with van der Waals surface area (Å²) in [6.07, 6.45) is -2.44. The van der Waals surface area contributed by atoms with Gasteiger partial charge < -0.3 is 25.0 Å². The van der Waals surface area contributed by atoms with Crippen molar-refractivity contribution in [1.82, 2.24) is 15.3 Å². The minimum atomic E-state index is -5.06. The van der Waals surface area contributed by atoms with E-state index in [2.05, 4.69) is 39.2 Å². The third-order valence-corrected chi connectivity index (χ3v) is 6.38. The van der Waals surface area contributed by atoms with Crippen molar-refractivity contribution in [3.63, 3.8) is 0 Å². The number of piperidine rings is 1. The Balaban J connectivity index is 1.63. The van der Waals surface area contributed by atoms with E-state index in [1.807, 2.05) is 11.8 Å². The number of hydrogen-bond acceptors (Lipinski definition) is 8. The molecule has 2 aliphatic rings. The number of carbonyl (C=O) groups excluding carboxylic acids is 1. The number of nitrogens with zero attached hydrogens (tertiary/aromatic N) is 3. The molecule has 1 aromatic heterocycles. The molecule has 1 aromatic rings. The Bertz CT molecular complexity index is 829. The summed E-state index contributed by atoms with van der Waals surface area (Å²) in [7, 11) is 0. The van der Waals surface area contributed by atoms with Crippen LogP contribution < -0.4 is 15.5 Å². The number of halogens is 4. The van der Waals surface area contributed by atoms with Crippen LogP contribution in [0.4, 0.5) is 29.2 Å². The van der Waals surface area contributed by atoms with Gasteiger partial charge in [0.2, 0.25) is 5.82 Å². The lowest BCUT2D eigenvalue weighted by Crippen LogP contribution is -2.47. The largest absolute Gasteiger partial charge is 0.490 e. The van der Waals surface area contributed by atoms with Gasteiger partial charge in [0, 0.05) is 32.1 Å². The average Bonchev–Trinajstić information content (AvgIpc) is 2.78. The molecule has 3 rings (SSSR count). The Morgan fingerprint density at radius 2 is 2.12 bits per heavy atom. The Labute approximate surface area is 196 Å². The van der Waals surface area contributed by atoms with E-state index in [4.69, 9.17) is 4.74 Å². The fraction of sp³-hybridized carbons (Fsp3) is 0.773. The molecule has 2 N–H and O–H groups in total. The highest BCUT2D eigenvalue weighted by molar-refractivity contribution is 5.75. The summed E-state index contributed by atoms with van der Waals surface area (Å²) in [6, 6.07) is 0. The maximum atomic E-state index is 15.3. The third-order valence-electron chi connectivity index (χ3n) is 6.38. The number of aromatic nitrogens is 2. The van der Waals surface area contributed by atoms with Crippen molar-refractivity contribution in [2.75, 3.05) is 49.5 Å². The maximum Gasteiger partial charge on any atom is 0.490 e. The molecule has 2 aliphatic heterocycles. The van der Waals surface area contributed by atoms with Crippen LogP contribution in [0.5, 0.6) is 0 Å². The average molecular weight is 492 g/mol. The number of rotatable bonds is 8. The minimum absolute atomic E-state index is 0.0380. The van der Waals surface area contributed by atoms with Gasteiger partial charge in [-0.15, -0.1) is 0 Å². The predicted molar refractivity (Wildman–Crippen MR) is 118 cm³/mol. The number of esters is 1. The number of ether oxygens (including phenoxy) is 2. The molecule has 0 aliphatic carbocycles. The third kappa shape index (κ3) is 6.91. The van der Waals surface area contributed by atoms with E-state index in [9.17, 15) is 18.0 Å². The van der Waals surface area contributed by atoms with E-state index in [-0.39, 0.29) is 36.2 Å². The van der Waals surface area contributed by atoms with Gasteiger partial charge in [-0.1, -0.05) is 0 Å². The molecule has 0 radical (unpaired) electrons. The zero-order chi connectivity index (χ0) is 24.9. The molecule has 2 fully saturated rings. The quantitative estimate of drug-likeness (QED) is 0.424. The van der Waals surface area contributed by atoms with E-state index in [1.165, 1.54) is 6.33 Å². The minimum Gasteiger partial charge on any atom is -0.454 e. The first-order valence-electron chi connectivity index (χ1n) is 11.6. The zero-order valence-corrected chi connectivity index (χ0v) is 19.8. The van der Waals surface area contributed by atoms with Crippen molar-refractivity contribution < 1.29 is 31.8 Å². The normalized spacial score (nSPS) is 25.0. The SMILES string of the molecule is CCN(C[C@@H]1CCC(C)(C)OC1)c1ncnc(NCC2CCNCC2OC(=O)C(F)(F)F)c1F. The lowest BCUT2D eigenvalue weighted by molar-refractivity contribution is -0.207. The van der Waals surface area contributed by atoms with Crippen LogP contribution in [0.3, 0.4) is 0 Å². The fourth-order valence-electron chi connectivity index (χ4n) is 4.26. The highest BCUT2D eigenvalue weighted by Gasteiger charge is 2.43. The molecule has 34 heavy (non-hydrogen) atoms. The van der Waals surface area contributed by atoms with Crippen molar-refractivity contribution in [3.8, 4) is 0 Å². The Kier molecular flexibility index (Phi) is 8.56.